The summed E-state index contributed by atoms with van der Waals surface area (Å²) in [6, 6.07) is 9.71. The highest BCUT2D eigenvalue weighted by Crippen LogP contribution is 2.50. The molecular weight excluding hydrogens is 435 g/mol. The molecule has 3 aliphatic rings. The van der Waals surface area contributed by atoms with Crippen LogP contribution in [0, 0.1) is 0 Å². The van der Waals surface area contributed by atoms with Crippen LogP contribution in [0.3, 0.4) is 0 Å². The summed E-state index contributed by atoms with van der Waals surface area (Å²) in [4.78, 5) is 4.97. The number of rotatable bonds is 2. The van der Waals surface area contributed by atoms with Gasteiger partial charge in [-0.1, -0.05) is 49.2 Å². The molecule has 31 heavy (non-hydrogen) atoms. The topological polar surface area (TPSA) is 66.9 Å². The Balaban J connectivity index is 0.00000112. The first-order valence-electron chi connectivity index (χ1n) is 10.8. The molecule has 0 bridgehead atoms. The fraction of sp³-hybridized carbons (Fsp3) is 0.435. The molecule has 2 aromatic carbocycles. The molecule has 0 radical (unpaired) electrons. The van der Waals surface area contributed by atoms with Gasteiger partial charge < -0.3 is 25.4 Å². The summed E-state index contributed by atoms with van der Waals surface area (Å²) in [5, 5.41) is 12.0. The zero-order valence-corrected chi connectivity index (χ0v) is 19.4. The molecule has 0 aliphatic carbocycles. The second-order valence-electron chi connectivity index (χ2n) is 7.51. The van der Waals surface area contributed by atoms with Crippen LogP contribution in [0.5, 0.6) is 11.5 Å². The van der Waals surface area contributed by atoms with E-state index in [0.29, 0.717) is 41.3 Å². The Kier molecular flexibility index (Phi) is 6.80. The van der Waals surface area contributed by atoms with Crippen LogP contribution < -0.4 is 25.4 Å². The number of ether oxygens (including phenoxy) is 2. The van der Waals surface area contributed by atoms with Gasteiger partial charge in [-0.25, -0.2) is 0 Å². The molecule has 0 aromatic heterocycles. The van der Waals surface area contributed by atoms with Crippen LogP contribution in [0.15, 0.2) is 35.3 Å². The van der Waals surface area contributed by atoms with Gasteiger partial charge in [0.15, 0.2) is 11.5 Å². The van der Waals surface area contributed by atoms with Gasteiger partial charge in [-0.2, -0.15) is 0 Å². The third-order valence-electron chi connectivity index (χ3n) is 5.60. The second-order valence-corrected chi connectivity index (χ2v) is 8.36. The van der Waals surface area contributed by atoms with Crippen LogP contribution in [0.25, 0.3) is 0 Å². The molecule has 3 N–H and O–H groups in total. The third-order valence-corrected chi connectivity index (χ3v) is 6.12. The number of hydrogen-bond acceptors (Lipinski definition) is 5. The minimum absolute atomic E-state index is 0.274. The van der Waals surface area contributed by atoms with Crippen molar-refractivity contribution in [2.24, 2.45) is 4.99 Å². The first kappa shape index (κ1) is 22.1. The van der Waals surface area contributed by atoms with E-state index in [-0.39, 0.29) is 5.54 Å². The average Bonchev–Trinajstić information content (AvgIpc) is 2.80. The van der Waals surface area contributed by atoms with Crippen molar-refractivity contribution in [3.63, 3.8) is 0 Å². The van der Waals surface area contributed by atoms with Crippen LogP contribution >= 0.6 is 23.2 Å². The van der Waals surface area contributed by atoms with Crippen LogP contribution in [0.2, 0.25) is 10.0 Å². The molecule has 1 fully saturated rings. The monoisotopic (exact) mass is 462 g/mol. The van der Waals surface area contributed by atoms with E-state index in [4.69, 9.17) is 37.7 Å². The number of fused-ring (bicyclic) bond motifs is 3. The number of nitrogens with zero attached hydrogens (tertiary/aromatic N) is 1. The van der Waals surface area contributed by atoms with Crippen LogP contribution in [-0.2, 0) is 6.54 Å². The Morgan fingerprint density at radius 3 is 2.52 bits per heavy atom. The van der Waals surface area contributed by atoms with Gasteiger partial charge in [-0.15, -0.1) is 0 Å². The highest BCUT2D eigenvalue weighted by atomic mass is 35.5. The maximum absolute atomic E-state index is 6.47. The molecule has 0 unspecified atom stereocenters. The first-order valence-corrected chi connectivity index (χ1v) is 11.6. The molecule has 8 heteroatoms. The Morgan fingerprint density at radius 1 is 1.03 bits per heavy atom. The summed E-state index contributed by atoms with van der Waals surface area (Å²) in [5.41, 5.74) is 2.55. The maximum atomic E-state index is 6.47. The highest BCUT2D eigenvalue weighted by molar-refractivity contribution is 6.33. The van der Waals surface area contributed by atoms with Gasteiger partial charge in [-0.05, 0) is 49.7 Å². The first-order chi connectivity index (χ1) is 15.1. The normalized spacial score (nSPS) is 19.5. The van der Waals surface area contributed by atoms with E-state index in [9.17, 15) is 0 Å². The lowest BCUT2D eigenvalue weighted by Gasteiger charge is -2.44. The number of benzene rings is 2. The molecule has 2 aromatic rings. The summed E-state index contributed by atoms with van der Waals surface area (Å²) in [7, 11) is 0. The Labute approximate surface area is 193 Å². The molecule has 166 valence electrons. The van der Waals surface area contributed by atoms with E-state index in [0.717, 1.165) is 48.7 Å². The fourth-order valence-corrected chi connectivity index (χ4v) is 4.62. The fourth-order valence-electron chi connectivity index (χ4n) is 4.16. The molecule has 1 saturated heterocycles. The lowest BCUT2D eigenvalue weighted by Crippen LogP contribution is -2.58. The molecule has 5 rings (SSSR count). The predicted molar refractivity (Wildman–Crippen MR) is 128 cm³/mol. The number of amidine groups is 1. The summed E-state index contributed by atoms with van der Waals surface area (Å²) in [5.74, 6) is 2.14. The van der Waals surface area contributed by atoms with Crippen molar-refractivity contribution in [3.05, 3.63) is 45.9 Å². The van der Waals surface area contributed by atoms with Gasteiger partial charge in [0.25, 0.3) is 0 Å². The molecule has 0 atom stereocenters. The van der Waals surface area contributed by atoms with Crippen LogP contribution in [0.1, 0.15) is 32.3 Å². The number of anilines is 2. The van der Waals surface area contributed by atoms with Crippen molar-refractivity contribution < 1.29 is 9.47 Å². The summed E-state index contributed by atoms with van der Waals surface area (Å²) in [6.45, 7) is 7.36. The van der Waals surface area contributed by atoms with Gasteiger partial charge >= 0.3 is 0 Å². The smallest absolute Gasteiger partial charge is 0.188 e. The Hall–Kier alpha value is -2.15. The van der Waals surface area contributed by atoms with Crippen molar-refractivity contribution in [2.75, 3.05) is 36.9 Å². The molecule has 0 saturated carbocycles. The second kappa shape index (κ2) is 9.55. The zero-order valence-electron chi connectivity index (χ0n) is 17.9. The molecule has 6 nitrogen and oxygen atoms in total. The zero-order chi connectivity index (χ0) is 21.8. The van der Waals surface area contributed by atoms with E-state index >= 15 is 0 Å². The summed E-state index contributed by atoms with van der Waals surface area (Å²) >= 11 is 12.6. The quantitative estimate of drug-likeness (QED) is 0.561. The number of halogens is 2. The van der Waals surface area contributed by atoms with E-state index in [1.165, 1.54) is 0 Å². The van der Waals surface area contributed by atoms with Gasteiger partial charge in [0.05, 0.1) is 22.8 Å². The van der Waals surface area contributed by atoms with Crippen molar-refractivity contribution in [1.82, 2.24) is 5.32 Å². The summed E-state index contributed by atoms with van der Waals surface area (Å²) < 4.78 is 11.7. The predicted octanol–water partition coefficient (Wildman–Crippen LogP) is 5.35. The number of nitrogens with one attached hydrogen (secondary N) is 3. The molecular formula is C23H28Cl2N4O2. The molecule has 3 heterocycles. The number of piperidine rings is 1. The Morgan fingerprint density at radius 2 is 1.77 bits per heavy atom. The summed E-state index contributed by atoms with van der Waals surface area (Å²) in [6.07, 6.45) is 1.83. The van der Waals surface area contributed by atoms with Gasteiger partial charge in [0, 0.05) is 5.02 Å². The van der Waals surface area contributed by atoms with E-state index in [1.807, 2.05) is 44.2 Å². The molecule has 1 spiro atoms. The highest BCUT2D eigenvalue weighted by Gasteiger charge is 2.42. The molecule has 0 amide bonds. The van der Waals surface area contributed by atoms with Gasteiger partial charge in [0.1, 0.15) is 24.7 Å². The SMILES string of the molecule is CC.Clc1cccc(CN=C2Nc3c(cc(Cl)c4c3OCCO4)NC23CCNCC3)c1. The maximum Gasteiger partial charge on any atom is 0.188 e. The lowest BCUT2D eigenvalue weighted by atomic mass is 9.84. The van der Waals surface area contributed by atoms with Crippen molar-refractivity contribution in [1.29, 1.82) is 0 Å². The largest absolute Gasteiger partial charge is 0.484 e. The van der Waals surface area contributed by atoms with Gasteiger partial charge in [-0.3, -0.25) is 4.99 Å². The number of hydrogen-bond donors (Lipinski definition) is 3. The minimum Gasteiger partial charge on any atom is -0.484 e. The average molecular weight is 463 g/mol. The third kappa shape index (κ3) is 4.43. The van der Waals surface area contributed by atoms with Crippen LogP contribution in [-0.4, -0.2) is 37.7 Å². The van der Waals surface area contributed by atoms with E-state index in [1.54, 1.807) is 0 Å². The van der Waals surface area contributed by atoms with E-state index < -0.39 is 0 Å². The van der Waals surface area contributed by atoms with Crippen molar-refractivity contribution >= 4 is 40.4 Å². The standard InChI is InChI=1S/C21H22Cl2N4O2.C2H6/c22-14-3-1-2-13(10-14)12-25-20-21(4-6-24-7-5-21)27-16-11-15(23)18-19(17(16)26-20)29-9-8-28-18;1-2/h1-3,10-11,24,27H,4-9,12H2,(H,25,26);1-2H3. The van der Waals surface area contributed by atoms with Crippen LogP contribution in [0.4, 0.5) is 11.4 Å². The lowest BCUT2D eigenvalue weighted by molar-refractivity contribution is 0.173. The van der Waals surface area contributed by atoms with E-state index in [2.05, 4.69) is 16.0 Å². The Bertz CT molecular complexity index is 974. The number of aliphatic imine (C=N–C) groups is 1. The van der Waals surface area contributed by atoms with Crippen molar-refractivity contribution in [2.45, 2.75) is 38.8 Å². The van der Waals surface area contributed by atoms with Gasteiger partial charge in [0.2, 0.25) is 0 Å². The van der Waals surface area contributed by atoms with Crippen molar-refractivity contribution in [3.8, 4) is 11.5 Å². The molecule has 3 aliphatic heterocycles. The minimum atomic E-state index is -0.274.